The Kier molecular flexibility index (Phi) is 4.11. The quantitative estimate of drug-likeness (QED) is 0.844. The highest BCUT2D eigenvalue weighted by Crippen LogP contribution is 2.29. The van der Waals surface area contributed by atoms with E-state index in [9.17, 15) is 8.42 Å². The van der Waals surface area contributed by atoms with Gasteiger partial charge in [0.25, 0.3) is 0 Å². The maximum absolute atomic E-state index is 11.9. The molecular formula is C15H15BrO2S. The van der Waals surface area contributed by atoms with Crippen molar-refractivity contribution in [2.24, 2.45) is 0 Å². The molecule has 2 rings (SSSR count). The summed E-state index contributed by atoms with van der Waals surface area (Å²) in [5.41, 5.74) is 2.82. The molecule has 0 fully saturated rings. The maximum atomic E-state index is 11.9. The van der Waals surface area contributed by atoms with E-state index in [1.165, 1.54) is 6.26 Å². The van der Waals surface area contributed by atoms with Gasteiger partial charge < -0.3 is 0 Å². The first kappa shape index (κ1) is 14.3. The highest BCUT2D eigenvalue weighted by atomic mass is 79.9. The topological polar surface area (TPSA) is 34.1 Å². The minimum atomic E-state index is -3.23. The Morgan fingerprint density at radius 3 is 2.21 bits per heavy atom. The Labute approximate surface area is 122 Å². The van der Waals surface area contributed by atoms with E-state index >= 15 is 0 Å². The minimum absolute atomic E-state index is 0.382. The Bertz CT molecular complexity index is 689. The van der Waals surface area contributed by atoms with Crippen molar-refractivity contribution >= 4 is 25.8 Å². The zero-order chi connectivity index (χ0) is 14.0. The van der Waals surface area contributed by atoms with Crippen molar-refractivity contribution < 1.29 is 8.42 Å². The zero-order valence-corrected chi connectivity index (χ0v) is 13.3. The van der Waals surface area contributed by atoms with Gasteiger partial charge in [-0.2, -0.15) is 0 Å². The minimum Gasteiger partial charge on any atom is -0.224 e. The van der Waals surface area contributed by atoms with Crippen LogP contribution in [0.25, 0.3) is 11.1 Å². The average molecular weight is 339 g/mol. The van der Waals surface area contributed by atoms with Gasteiger partial charge in [-0.1, -0.05) is 41.1 Å². The molecule has 0 N–H and O–H groups in total. The van der Waals surface area contributed by atoms with Gasteiger partial charge in [0.1, 0.15) is 0 Å². The maximum Gasteiger partial charge on any atom is 0.176 e. The van der Waals surface area contributed by atoms with Crippen LogP contribution in [0.4, 0.5) is 0 Å². The lowest BCUT2D eigenvalue weighted by molar-refractivity contribution is 0.602. The van der Waals surface area contributed by atoms with Gasteiger partial charge >= 0.3 is 0 Å². The number of hydrogen-bond acceptors (Lipinski definition) is 2. The third-order valence-electron chi connectivity index (χ3n) is 3.01. The predicted octanol–water partition coefficient (Wildman–Crippen LogP) is 4.08. The van der Waals surface area contributed by atoms with Gasteiger partial charge in [-0.25, -0.2) is 8.42 Å². The molecule has 0 saturated heterocycles. The summed E-state index contributed by atoms with van der Waals surface area (Å²) in [6.45, 7) is 2.06. The monoisotopic (exact) mass is 338 g/mol. The molecule has 0 spiro atoms. The summed E-state index contributed by atoms with van der Waals surface area (Å²) in [4.78, 5) is 0.382. The normalized spacial score (nSPS) is 11.5. The molecule has 4 heteroatoms. The summed E-state index contributed by atoms with van der Waals surface area (Å²) >= 11 is 3.39. The van der Waals surface area contributed by atoms with Crippen LogP contribution >= 0.6 is 15.9 Å². The zero-order valence-electron chi connectivity index (χ0n) is 10.9. The third kappa shape index (κ3) is 3.25. The molecule has 19 heavy (non-hydrogen) atoms. The fourth-order valence-corrected chi connectivity index (χ4v) is 3.13. The fourth-order valence-electron chi connectivity index (χ4n) is 1.98. The fraction of sp³-hybridized carbons (Fsp3) is 0.200. The van der Waals surface area contributed by atoms with Crippen LogP contribution in [-0.4, -0.2) is 14.7 Å². The summed E-state index contributed by atoms with van der Waals surface area (Å²) in [5, 5.41) is 0. The standard InChI is InChI=1S/C15H15BrO2S/c1-3-11-4-9-15(19(2,17)18)14(10-11)12-5-7-13(16)8-6-12/h4-10H,3H2,1-2H3. The molecule has 0 bridgehead atoms. The molecule has 0 saturated carbocycles. The number of sulfone groups is 1. The largest absolute Gasteiger partial charge is 0.224 e. The van der Waals surface area contributed by atoms with Gasteiger partial charge in [-0.15, -0.1) is 0 Å². The Morgan fingerprint density at radius 2 is 1.68 bits per heavy atom. The highest BCUT2D eigenvalue weighted by Gasteiger charge is 2.14. The van der Waals surface area contributed by atoms with Crippen molar-refractivity contribution in [3.63, 3.8) is 0 Å². The van der Waals surface area contributed by atoms with E-state index < -0.39 is 9.84 Å². The molecule has 2 aromatic carbocycles. The van der Waals surface area contributed by atoms with Crippen molar-refractivity contribution in [3.05, 3.63) is 52.5 Å². The van der Waals surface area contributed by atoms with E-state index in [1.54, 1.807) is 6.07 Å². The van der Waals surface area contributed by atoms with Crippen molar-refractivity contribution in [2.45, 2.75) is 18.2 Å². The molecule has 0 aliphatic heterocycles. The van der Waals surface area contributed by atoms with Gasteiger partial charge in [0.2, 0.25) is 0 Å². The molecular weight excluding hydrogens is 324 g/mol. The van der Waals surface area contributed by atoms with Gasteiger partial charge in [-0.3, -0.25) is 0 Å². The molecule has 0 radical (unpaired) electrons. The smallest absolute Gasteiger partial charge is 0.176 e. The predicted molar refractivity (Wildman–Crippen MR) is 82.1 cm³/mol. The molecule has 0 amide bonds. The molecule has 0 aromatic heterocycles. The van der Waals surface area contributed by atoms with Gasteiger partial charge in [0, 0.05) is 16.3 Å². The SMILES string of the molecule is CCc1ccc(S(C)(=O)=O)c(-c2ccc(Br)cc2)c1. The Morgan fingerprint density at radius 1 is 1.05 bits per heavy atom. The van der Waals surface area contributed by atoms with Crippen molar-refractivity contribution in [3.8, 4) is 11.1 Å². The van der Waals surface area contributed by atoms with E-state index in [2.05, 4.69) is 22.9 Å². The first-order chi connectivity index (χ1) is 8.91. The molecule has 100 valence electrons. The van der Waals surface area contributed by atoms with Crippen LogP contribution < -0.4 is 0 Å². The van der Waals surface area contributed by atoms with Crippen LogP contribution in [0.5, 0.6) is 0 Å². The lowest BCUT2D eigenvalue weighted by Gasteiger charge is -2.10. The van der Waals surface area contributed by atoms with Crippen molar-refractivity contribution in [1.82, 2.24) is 0 Å². The van der Waals surface area contributed by atoms with Gasteiger partial charge in [0.05, 0.1) is 4.90 Å². The third-order valence-corrected chi connectivity index (χ3v) is 4.69. The van der Waals surface area contributed by atoms with E-state index in [1.807, 2.05) is 36.4 Å². The second-order valence-corrected chi connectivity index (χ2v) is 7.36. The van der Waals surface area contributed by atoms with Crippen LogP contribution in [-0.2, 0) is 16.3 Å². The van der Waals surface area contributed by atoms with Crippen molar-refractivity contribution in [2.75, 3.05) is 6.26 Å². The van der Waals surface area contributed by atoms with Crippen LogP contribution in [0.2, 0.25) is 0 Å². The lowest BCUT2D eigenvalue weighted by atomic mass is 10.0. The number of benzene rings is 2. The first-order valence-electron chi connectivity index (χ1n) is 6.00. The van der Waals surface area contributed by atoms with Gasteiger partial charge in [-0.05, 0) is 41.8 Å². The number of hydrogen-bond donors (Lipinski definition) is 0. The summed E-state index contributed by atoms with van der Waals surface area (Å²) in [7, 11) is -3.23. The molecule has 2 nitrogen and oxygen atoms in total. The molecule has 2 aromatic rings. The molecule has 0 heterocycles. The summed E-state index contributed by atoms with van der Waals surface area (Å²) in [6, 6.07) is 13.2. The Hall–Kier alpha value is -1.13. The molecule has 0 aliphatic carbocycles. The summed E-state index contributed by atoms with van der Waals surface area (Å²) in [5.74, 6) is 0. The number of aryl methyl sites for hydroxylation is 1. The van der Waals surface area contributed by atoms with E-state index in [0.717, 1.165) is 27.6 Å². The molecule has 0 aliphatic rings. The number of halogens is 1. The van der Waals surface area contributed by atoms with Crippen LogP contribution in [0.15, 0.2) is 51.8 Å². The Balaban J connectivity index is 2.68. The van der Waals surface area contributed by atoms with Crippen LogP contribution in [0.3, 0.4) is 0 Å². The number of rotatable bonds is 3. The second-order valence-electron chi connectivity index (χ2n) is 4.46. The highest BCUT2D eigenvalue weighted by molar-refractivity contribution is 9.10. The van der Waals surface area contributed by atoms with Crippen LogP contribution in [0.1, 0.15) is 12.5 Å². The van der Waals surface area contributed by atoms with E-state index in [-0.39, 0.29) is 0 Å². The molecule has 0 atom stereocenters. The second kappa shape index (κ2) is 5.47. The first-order valence-corrected chi connectivity index (χ1v) is 8.69. The molecule has 0 unspecified atom stereocenters. The van der Waals surface area contributed by atoms with E-state index in [0.29, 0.717) is 4.90 Å². The van der Waals surface area contributed by atoms with E-state index in [4.69, 9.17) is 0 Å². The van der Waals surface area contributed by atoms with Crippen LogP contribution in [0, 0.1) is 0 Å². The summed E-state index contributed by atoms with van der Waals surface area (Å²) in [6.07, 6.45) is 2.13. The van der Waals surface area contributed by atoms with Crippen molar-refractivity contribution in [1.29, 1.82) is 0 Å². The lowest BCUT2D eigenvalue weighted by Crippen LogP contribution is -2.00. The summed E-state index contributed by atoms with van der Waals surface area (Å²) < 4.78 is 24.7. The van der Waals surface area contributed by atoms with Gasteiger partial charge in [0.15, 0.2) is 9.84 Å². The average Bonchev–Trinajstić information content (AvgIpc) is 2.38.